The third-order valence-electron chi connectivity index (χ3n) is 8.07. The highest BCUT2D eigenvalue weighted by atomic mass is 16.5. The van der Waals surface area contributed by atoms with Gasteiger partial charge in [-0.1, -0.05) is 31.9 Å². The molecule has 1 aromatic carbocycles. The van der Waals surface area contributed by atoms with Crippen LogP contribution in [0.4, 0.5) is 5.82 Å². The molecule has 200 valence electrons. The second kappa shape index (κ2) is 11.5. The minimum absolute atomic E-state index is 0.167. The fourth-order valence-electron chi connectivity index (χ4n) is 5.53. The minimum atomic E-state index is -0.305. The van der Waals surface area contributed by atoms with Gasteiger partial charge in [0.25, 0.3) is 0 Å². The molecule has 3 heterocycles. The molecular weight excluding hydrogens is 476 g/mol. The summed E-state index contributed by atoms with van der Waals surface area (Å²) in [5.41, 5.74) is 2.67. The van der Waals surface area contributed by atoms with Crippen LogP contribution in [-0.4, -0.2) is 57.8 Å². The Morgan fingerprint density at radius 1 is 1.11 bits per heavy atom. The number of anilines is 1. The van der Waals surface area contributed by atoms with Gasteiger partial charge in [0.05, 0.1) is 12.1 Å². The van der Waals surface area contributed by atoms with Gasteiger partial charge in [0.1, 0.15) is 23.0 Å². The van der Waals surface area contributed by atoms with Crippen molar-refractivity contribution in [3.63, 3.8) is 0 Å². The summed E-state index contributed by atoms with van der Waals surface area (Å²) in [7, 11) is 1.70. The fourth-order valence-corrected chi connectivity index (χ4v) is 5.53. The summed E-state index contributed by atoms with van der Waals surface area (Å²) in [5, 5.41) is 9.39. The van der Waals surface area contributed by atoms with E-state index in [4.69, 9.17) is 4.74 Å². The third-order valence-corrected chi connectivity index (χ3v) is 8.07. The first-order valence-corrected chi connectivity index (χ1v) is 14.0. The highest BCUT2D eigenvalue weighted by Gasteiger charge is 2.32. The Bertz CT molecular complexity index is 1360. The van der Waals surface area contributed by atoms with Gasteiger partial charge in [0.2, 0.25) is 0 Å². The molecule has 0 N–H and O–H groups in total. The first-order valence-electron chi connectivity index (χ1n) is 14.0. The molecule has 1 aliphatic carbocycles. The van der Waals surface area contributed by atoms with E-state index in [-0.39, 0.29) is 11.7 Å². The van der Waals surface area contributed by atoms with E-state index in [0.29, 0.717) is 28.6 Å². The van der Waals surface area contributed by atoms with Crippen molar-refractivity contribution in [2.24, 2.45) is 13.0 Å². The van der Waals surface area contributed by atoms with Crippen LogP contribution in [0, 0.1) is 17.2 Å². The topological polar surface area (TPSA) is 87.3 Å². The van der Waals surface area contributed by atoms with Crippen molar-refractivity contribution >= 4 is 16.9 Å². The maximum absolute atomic E-state index is 12.7. The van der Waals surface area contributed by atoms with Crippen molar-refractivity contribution in [2.45, 2.75) is 64.5 Å². The van der Waals surface area contributed by atoms with Crippen LogP contribution in [0.25, 0.3) is 11.0 Å². The SMILES string of the molecule is CC[C@@H]1CN(c2nc(=O)n(C)c3ccc(C#N)nc23)[C@@H](C)CN1CCCc1ccc(OCCC2CC2)cc1. The summed E-state index contributed by atoms with van der Waals surface area (Å²) >= 11 is 0. The summed E-state index contributed by atoms with van der Waals surface area (Å²) in [6.07, 6.45) is 7.05. The molecule has 8 nitrogen and oxygen atoms in total. The number of piperazine rings is 1. The summed E-state index contributed by atoms with van der Waals surface area (Å²) < 4.78 is 7.39. The van der Waals surface area contributed by atoms with Gasteiger partial charge in [0.15, 0.2) is 5.82 Å². The molecule has 0 bridgehead atoms. The van der Waals surface area contributed by atoms with E-state index in [1.54, 1.807) is 19.2 Å². The Morgan fingerprint density at radius 3 is 2.61 bits per heavy atom. The zero-order chi connectivity index (χ0) is 26.6. The Labute approximate surface area is 224 Å². The van der Waals surface area contributed by atoms with Crippen molar-refractivity contribution in [2.75, 3.05) is 31.1 Å². The van der Waals surface area contributed by atoms with Crippen molar-refractivity contribution in [3.05, 3.63) is 58.1 Å². The molecule has 8 heteroatoms. The van der Waals surface area contributed by atoms with Gasteiger partial charge in [-0.15, -0.1) is 0 Å². The molecule has 1 aliphatic heterocycles. The van der Waals surface area contributed by atoms with Crippen LogP contribution in [0.3, 0.4) is 0 Å². The number of aryl methyl sites for hydroxylation is 2. The van der Waals surface area contributed by atoms with Gasteiger partial charge < -0.3 is 9.64 Å². The van der Waals surface area contributed by atoms with E-state index in [0.717, 1.165) is 57.2 Å². The molecule has 0 amide bonds. The number of fused-ring (bicyclic) bond motifs is 1. The van der Waals surface area contributed by atoms with E-state index in [1.165, 1.54) is 29.4 Å². The Kier molecular flexibility index (Phi) is 7.94. The van der Waals surface area contributed by atoms with Crippen LogP contribution < -0.4 is 15.3 Å². The quantitative estimate of drug-likeness (QED) is 0.399. The normalized spacial score (nSPS) is 20.0. The highest BCUT2D eigenvalue weighted by molar-refractivity contribution is 5.86. The molecule has 0 unspecified atom stereocenters. The molecule has 2 atom stereocenters. The number of ether oxygens (including phenoxy) is 1. The number of pyridine rings is 1. The van der Waals surface area contributed by atoms with Crippen LogP contribution in [-0.2, 0) is 13.5 Å². The third kappa shape index (κ3) is 5.83. The van der Waals surface area contributed by atoms with Gasteiger partial charge in [-0.2, -0.15) is 10.2 Å². The molecule has 2 aliphatic rings. The van der Waals surface area contributed by atoms with Crippen LogP contribution in [0.15, 0.2) is 41.2 Å². The molecule has 2 aromatic heterocycles. The molecule has 5 rings (SSSR count). The molecule has 0 radical (unpaired) electrons. The van der Waals surface area contributed by atoms with Crippen molar-refractivity contribution in [3.8, 4) is 11.8 Å². The summed E-state index contributed by atoms with van der Waals surface area (Å²) in [6.45, 7) is 7.92. The predicted octanol–water partition coefficient (Wildman–Crippen LogP) is 4.30. The fraction of sp³-hybridized carbons (Fsp3) is 0.533. The van der Waals surface area contributed by atoms with Crippen molar-refractivity contribution in [1.82, 2.24) is 19.4 Å². The lowest BCUT2D eigenvalue weighted by atomic mass is 10.0. The van der Waals surface area contributed by atoms with Gasteiger partial charge in [-0.25, -0.2) is 9.78 Å². The number of hydrogen-bond acceptors (Lipinski definition) is 7. The van der Waals surface area contributed by atoms with E-state index in [2.05, 4.69) is 63.9 Å². The van der Waals surface area contributed by atoms with Crippen molar-refractivity contribution in [1.29, 1.82) is 5.26 Å². The monoisotopic (exact) mass is 514 g/mol. The molecular formula is C30H38N6O2. The minimum Gasteiger partial charge on any atom is -0.494 e. The average molecular weight is 515 g/mol. The van der Waals surface area contributed by atoms with Gasteiger partial charge >= 0.3 is 5.69 Å². The molecule has 1 saturated heterocycles. The smallest absolute Gasteiger partial charge is 0.349 e. The molecule has 0 spiro atoms. The Morgan fingerprint density at radius 2 is 1.89 bits per heavy atom. The van der Waals surface area contributed by atoms with E-state index in [1.807, 2.05) is 0 Å². The number of aromatic nitrogens is 3. The average Bonchev–Trinajstić information content (AvgIpc) is 3.76. The maximum atomic E-state index is 12.7. The van der Waals surface area contributed by atoms with Crippen LogP contribution >= 0.6 is 0 Å². The zero-order valence-electron chi connectivity index (χ0n) is 22.8. The molecule has 3 aromatic rings. The first-order chi connectivity index (χ1) is 18.5. The van der Waals surface area contributed by atoms with Crippen LogP contribution in [0.5, 0.6) is 5.75 Å². The largest absolute Gasteiger partial charge is 0.494 e. The van der Waals surface area contributed by atoms with Gasteiger partial charge in [-0.05, 0) is 74.9 Å². The maximum Gasteiger partial charge on any atom is 0.349 e. The molecule has 38 heavy (non-hydrogen) atoms. The first kappa shape index (κ1) is 26.2. The lowest BCUT2D eigenvalue weighted by molar-refractivity contribution is 0.148. The van der Waals surface area contributed by atoms with E-state index >= 15 is 0 Å². The van der Waals surface area contributed by atoms with Gasteiger partial charge in [0, 0.05) is 32.2 Å². The number of nitrogens with zero attached hydrogens (tertiary/aromatic N) is 6. The Balaban J connectivity index is 1.22. The zero-order valence-corrected chi connectivity index (χ0v) is 22.8. The number of benzene rings is 1. The summed E-state index contributed by atoms with van der Waals surface area (Å²) in [4.78, 5) is 26.4. The number of hydrogen-bond donors (Lipinski definition) is 0. The number of nitriles is 1. The number of rotatable bonds is 10. The lowest BCUT2D eigenvalue weighted by Crippen LogP contribution is -2.58. The van der Waals surface area contributed by atoms with E-state index < -0.39 is 0 Å². The standard InChI is InChI=1S/C30H38N6O2/c1-4-25-20-36(29-28-27(34(3)30(37)33-29)14-11-24(18-31)32-28)21(2)19-35(25)16-5-6-22-9-12-26(13-10-22)38-17-15-23-7-8-23/h9-14,21,23,25H,4-8,15-17,19-20H2,1-3H3/t21-,25+/m0/s1. The van der Waals surface area contributed by atoms with E-state index in [9.17, 15) is 10.1 Å². The summed E-state index contributed by atoms with van der Waals surface area (Å²) in [6, 6.07) is 14.7. The predicted molar refractivity (Wildman–Crippen MR) is 150 cm³/mol. The van der Waals surface area contributed by atoms with Crippen molar-refractivity contribution < 1.29 is 4.74 Å². The highest BCUT2D eigenvalue weighted by Crippen LogP contribution is 2.32. The Hall–Kier alpha value is -3.44. The second-order valence-electron chi connectivity index (χ2n) is 10.8. The lowest BCUT2D eigenvalue weighted by Gasteiger charge is -2.46. The van der Waals surface area contributed by atoms with Crippen LogP contribution in [0.1, 0.15) is 57.2 Å². The van der Waals surface area contributed by atoms with Gasteiger partial charge in [-0.3, -0.25) is 9.47 Å². The van der Waals surface area contributed by atoms with Crippen LogP contribution in [0.2, 0.25) is 0 Å². The molecule has 1 saturated carbocycles. The summed E-state index contributed by atoms with van der Waals surface area (Å²) in [5.74, 6) is 2.46. The second-order valence-corrected chi connectivity index (χ2v) is 10.8. The molecule has 2 fully saturated rings.